The number of rotatable bonds is 5. The highest BCUT2D eigenvalue weighted by Gasteiger charge is 2.31. The number of halogens is 1. The van der Waals surface area contributed by atoms with Gasteiger partial charge in [-0.2, -0.15) is 0 Å². The molecule has 2 nitrogen and oxygen atoms in total. The fraction of sp³-hybridized carbons (Fsp3) is 0.625. The normalized spacial score (nSPS) is 23.2. The van der Waals surface area contributed by atoms with Crippen LogP contribution in [0.2, 0.25) is 0 Å². The highest BCUT2D eigenvalue weighted by atomic mass is 19.1. The van der Waals surface area contributed by atoms with E-state index in [0.29, 0.717) is 12.1 Å². The molecular weight excluding hydrogens is 239 g/mol. The van der Waals surface area contributed by atoms with Crippen molar-refractivity contribution in [2.24, 2.45) is 0 Å². The van der Waals surface area contributed by atoms with Gasteiger partial charge < -0.3 is 5.32 Å². The SMILES string of the molecule is Cc1ccc(F)c(CN(CC2CCCN2)C2CC2)c1. The summed E-state index contributed by atoms with van der Waals surface area (Å²) in [5, 5.41) is 3.55. The van der Waals surface area contributed by atoms with Crippen LogP contribution in [-0.2, 0) is 6.54 Å². The van der Waals surface area contributed by atoms with E-state index in [2.05, 4.69) is 10.2 Å². The molecule has 3 heteroatoms. The minimum atomic E-state index is -0.0596. The number of benzene rings is 1. The molecule has 0 amide bonds. The Bertz CT molecular complexity index is 436. The highest BCUT2D eigenvalue weighted by molar-refractivity contribution is 5.24. The highest BCUT2D eigenvalue weighted by Crippen LogP contribution is 2.29. The average molecular weight is 262 g/mol. The van der Waals surface area contributed by atoms with Crippen LogP contribution in [0.4, 0.5) is 4.39 Å². The molecule has 1 aromatic rings. The van der Waals surface area contributed by atoms with Crippen molar-refractivity contribution in [2.75, 3.05) is 13.1 Å². The van der Waals surface area contributed by atoms with Crippen LogP contribution in [0.3, 0.4) is 0 Å². The zero-order valence-electron chi connectivity index (χ0n) is 11.7. The van der Waals surface area contributed by atoms with E-state index in [9.17, 15) is 4.39 Å². The quantitative estimate of drug-likeness (QED) is 0.878. The first-order chi connectivity index (χ1) is 9.22. The number of nitrogens with zero attached hydrogens (tertiary/aromatic N) is 1. The van der Waals surface area contributed by atoms with E-state index in [0.717, 1.165) is 30.8 Å². The topological polar surface area (TPSA) is 15.3 Å². The standard InChI is InChI=1S/C16H23FN2/c1-12-4-7-16(17)13(9-12)10-19(15-5-6-15)11-14-3-2-8-18-14/h4,7,9,14-15,18H,2-3,5-6,8,10-11H2,1H3. The largest absolute Gasteiger partial charge is 0.313 e. The molecule has 1 N–H and O–H groups in total. The molecule has 3 rings (SSSR count). The Kier molecular flexibility index (Phi) is 3.85. The van der Waals surface area contributed by atoms with Crippen molar-refractivity contribution in [3.63, 3.8) is 0 Å². The zero-order chi connectivity index (χ0) is 13.2. The smallest absolute Gasteiger partial charge is 0.127 e. The first-order valence-corrected chi connectivity index (χ1v) is 7.45. The molecule has 2 aliphatic rings. The summed E-state index contributed by atoms with van der Waals surface area (Å²) in [4.78, 5) is 2.47. The summed E-state index contributed by atoms with van der Waals surface area (Å²) >= 11 is 0. The lowest BCUT2D eigenvalue weighted by Crippen LogP contribution is -2.38. The van der Waals surface area contributed by atoms with E-state index in [1.54, 1.807) is 6.07 Å². The Hall–Kier alpha value is -0.930. The van der Waals surface area contributed by atoms with Crippen molar-refractivity contribution in [3.8, 4) is 0 Å². The van der Waals surface area contributed by atoms with Gasteiger partial charge in [-0.25, -0.2) is 4.39 Å². The Labute approximate surface area is 115 Å². The van der Waals surface area contributed by atoms with Gasteiger partial charge in [0, 0.05) is 30.7 Å². The monoisotopic (exact) mass is 262 g/mol. The van der Waals surface area contributed by atoms with Crippen LogP contribution in [0.5, 0.6) is 0 Å². The summed E-state index contributed by atoms with van der Waals surface area (Å²) in [6, 6.07) is 6.73. The van der Waals surface area contributed by atoms with Crippen LogP contribution in [0.25, 0.3) is 0 Å². The Balaban J connectivity index is 1.68. The van der Waals surface area contributed by atoms with E-state index >= 15 is 0 Å². The molecule has 1 saturated heterocycles. The number of aryl methyl sites for hydroxylation is 1. The maximum Gasteiger partial charge on any atom is 0.127 e. The van der Waals surface area contributed by atoms with Gasteiger partial charge in [-0.05, 0) is 45.2 Å². The lowest BCUT2D eigenvalue weighted by atomic mass is 10.1. The minimum Gasteiger partial charge on any atom is -0.313 e. The minimum absolute atomic E-state index is 0.0596. The summed E-state index contributed by atoms with van der Waals surface area (Å²) < 4.78 is 13.9. The third-order valence-corrected chi connectivity index (χ3v) is 4.26. The second-order valence-electron chi connectivity index (χ2n) is 6.05. The van der Waals surface area contributed by atoms with Crippen molar-refractivity contribution < 1.29 is 4.39 Å². The molecule has 0 radical (unpaired) electrons. The fourth-order valence-electron chi connectivity index (χ4n) is 3.02. The number of nitrogens with one attached hydrogen (secondary N) is 1. The molecule has 1 unspecified atom stereocenters. The Morgan fingerprint density at radius 3 is 2.84 bits per heavy atom. The lowest BCUT2D eigenvalue weighted by Gasteiger charge is -2.26. The summed E-state index contributed by atoms with van der Waals surface area (Å²) in [7, 11) is 0. The van der Waals surface area contributed by atoms with E-state index in [4.69, 9.17) is 0 Å². The summed E-state index contributed by atoms with van der Waals surface area (Å²) in [6.07, 6.45) is 5.10. The van der Waals surface area contributed by atoms with Gasteiger partial charge in [-0.1, -0.05) is 17.7 Å². The first-order valence-electron chi connectivity index (χ1n) is 7.45. The molecule has 1 atom stereocenters. The second kappa shape index (κ2) is 5.59. The zero-order valence-corrected chi connectivity index (χ0v) is 11.7. The van der Waals surface area contributed by atoms with Gasteiger partial charge in [-0.3, -0.25) is 4.90 Å². The number of hydrogen-bond donors (Lipinski definition) is 1. The van der Waals surface area contributed by atoms with Crippen molar-refractivity contribution in [1.29, 1.82) is 0 Å². The van der Waals surface area contributed by atoms with Gasteiger partial charge in [0.25, 0.3) is 0 Å². The molecule has 0 spiro atoms. The third kappa shape index (κ3) is 3.34. The predicted octanol–water partition coefficient (Wildman–Crippen LogP) is 2.85. The average Bonchev–Trinajstić information content (AvgIpc) is 3.12. The van der Waals surface area contributed by atoms with Gasteiger partial charge in [0.2, 0.25) is 0 Å². The molecule has 0 bridgehead atoms. The second-order valence-corrected chi connectivity index (χ2v) is 6.05. The maximum absolute atomic E-state index is 13.9. The molecule has 2 fully saturated rings. The van der Waals surface area contributed by atoms with Crippen LogP contribution >= 0.6 is 0 Å². The van der Waals surface area contributed by atoms with Crippen LogP contribution in [0, 0.1) is 12.7 Å². The van der Waals surface area contributed by atoms with Gasteiger partial charge in [0.1, 0.15) is 5.82 Å². The maximum atomic E-state index is 13.9. The van der Waals surface area contributed by atoms with E-state index < -0.39 is 0 Å². The molecular formula is C16H23FN2. The Morgan fingerprint density at radius 2 is 2.16 bits per heavy atom. The lowest BCUT2D eigenvalue weighted by molar-refractivity contribution is 0.228. The third-order valence-electron chi connectivity index (χ3n) is 4.26. The Morgan fingerprint density at radius 1 is 1.32 bits per heavy atom. The van der Waals surface area contributed by atoms with E-state index in [1.165, 1.54) is 25.7 Å². The van der Waals surface area contributed by atoms with Crippen LogP contribution in [0.15, 0.2) is 18.2 Å². The van der Waals surface area contributed by atoms with Gasteiger partial charge in [0.05, 0.1) is 0 Å². The molecule has 1 heterocycles. The van der Waals surface area contributed by atoms with E-state index in [-0.39, 0.29) is 5.82 Å². The van der Waals surface area contributed by atoms with Crippen molar-refractivity contribution >= 4 is 0 Å². The molecule has 19 heavy (non-hydrogen) atoms. The molecule has 1 aliphatic carbocycles. The molecule has 0 aromatic heterocycles. The van der Waals surface area contributed by atoms with Crippen molar-refractivity contribution in [2.45, 2.75) is 51.2 Å². The molecule has 1 aromatic carbocycles. The fourth-order valence-corrected chi connectivity index (χ4v) is 3.02. The van der Waals surface area contributed by atoms with Crippen molar-refractivity contribution in [1.82, 2.24) is 10.2 Å². The van der Waals surface area contributed by atoms with Crippen LogP contribution in [-0.4, -0.2) is 30.1 Å². The first kappa shape index (κ1) is 13.1. The molecule has 1 saturated carbocycles. The van der Waals surface area contributed by atoms with Crippen molar-refractivity contribution in [3.05, 3.63) is 35.1 Å². The van der Waals surface area contributed by atoms with Crippen LogP contribution in [0.1, 0.15) is 36.8 Å². The van der Waals surface area contributed by atoms with Crippen LogP contribution < -0.4 is 5.32 Å². The van der Waals surface area contributed by atoms with Gasteiger partial charge in [0.15, 0.2) is 0 Å². The predicted molar refractivity (Wildman–Crippen MR) is 75.6 cm³/mol. The van der Waals surface area contributed by atoms with Gasteiger partial charge >= 0.3 is 0 Å². The summed E-state index contributed by atoms with van der Waals surface area (Å²) in [5.41, 5.74) is 2.00. The molecule has 104 valence electrons. The van der Waals surface area contributed by atoms with E-state index in [1.807, 2.05) is 19.1 Å². The molecule has 1 aliphatic heterocycles. The summed E-state index contributed by atoms with van der Waals surface area (Å²) in [5.74, 6) is -0.0596. The van der Waals surface area contributed by atoms with Gasteiger partial charge in [-0.15, -0.1) is 0 Å². The number of hydrogen-bond acceptors (Lipinski definition) is 2. The summed E-state index contributed by atoms with van der Waals surface area (Å²) in [6.45, 7) is 5.00.